The molecule has 2 rings (SSSR count). The van der Waals surface area contributed by atoms with Crippen LogP contribution in [0, 0.1) is 6.92 Å². The van der Waals surface area contributed by atoms with Crippen LogP contribution in [0.25, 0.3) is 0 Å². The summed E-state index contributed by atoms with van der Waals surface area (Å²) < 4.78 is 11.7. The van der Waals surface area contributed by atoms with Crippen LogP contribution in [0.4, 0.5) is 0 Å². The van der Waals surface area contributed by atoms with Gasteiger partial charge in [0.15, 0.2) is 0 Å². The molecule has 1 saturated heterocycles. The van der Waals surface area contributed by atoms with E-state index in [0.29, 0.717) is 18.1 Å². The molecule has 3 unspecified atom stereocenters. The summed E-state index contributed by atoms with van der Waals surface area (Å²) >= 11 is 0. The number of ether oxygens (including phenoxy) is 2. The van der Waals surface area contributed by atoms with Gasteiger partial charge in [-0.15, -0.1) is 0 Å². The van der Waals surface area contributed by atoms with Crippen LogP contribution in [0.5, 0.6) is 5.75 Å². The lowest BCUT2D eigenvalue weighted by molar-refractivity contribution is 0.308. The second-order valence-electron chi connectivity index (χ2n) is 5.85. The van der Waals surface area contributed by atoms with Crippen LogP contribution in [-0.4, -0.2) is 18.8 Å². The molecule has 0 bridgehead atoms. The van der Waals surface area contributed by atoms with Crippen molar-refractivity contribution in [2.45, 2.75) is 71.5 Å². The van der Waals surface area contributed by atoms with Crippen LogP contribution in [0.3, 0.4) is 0 Å². The van der Waals surface area contributed by atoms with Gasteiger partial charge in [-0.3, -0.25) is 0 Å². The van der Waals surface area contributed by atoms with Gasteiger partial charge in [0.2, 0.25) is 0 Å². The molecule has 1 aliphatic rings. The topological polar surface area (TPSA) is 21.8 Å². The Bertz CT molecular complexity index is 427. The molecule has 1 aromatic rings. The summed E-state index contributed by atoms with van der Waals surface area (Å²) in [6.45, 7) is 9.56. The summed E-state index contributed by atoms with van der Waals surface area (Å²) in [5.41, 5.74) is 2.68. The van der Waals surface area contributed by atoms with Gasteiger partial charge in [0, 0.05) is 0 Å². The molecule has 0 radical (unpaired) electrons. The standard InChI is InChI=1S/C18H28O2/c1-5-10-19-17-9-8-13(4)11-15(17)14(6-2)12-18-16(7-3)20-18/h8-9,11,14,16,18H,5-7,10,12H2,1-4H3. The Morgan fingerprint density at radius 2 is 2.00 bits per heavy atom. The van der Waals surface area contributed by atoms with Gasteiger partial charge in [-0.05, 0) is 50.2 Å². The zero-order valence-corrected chi connectivity index (χ0v) is 13.3. The number of hydrogen-bond acceptors (Lipinski definition) is 2. The van der Waals surface area contributed by atoms with Crippen molar-refractivity contribution in [2.24, 2.45) is 0 Å². The predicted molar refractivity (Wildman–Crippen MR) is 83.6 cm³/mol. The minimum atomic E-state index is 0.462. The first-order chi connectivity index (χ1) is 9.69. The third-order valence-corrected chi connectivity index (χ3v) is 4.17. The van der Waals surface area contributed by atoms with E-state index in [4.69, 9.17) is 9.47 Å². The van der Waals surface area contributed by atoms with Crippen molar-refractivity contribution in [1.29, 1.82) is 0 Å². The molecule has 112 valence electrons. The lowest BCUT2D eigenvalue weighted by atomic mass is 9.89. The van der Waals surface area contributed by atoms with Crippen molar-refractivity contribution in [3.63, 3.8) is 0 Å². The average molecular weight is 276 g/mol. The Labute approximate surface area is 123 Å². The molecule has 20 heavy (non-hydrogen) atoms. The average Bonchev–Trinajstić information content (AvgIpc) is 3.22. The van der Waals surface area contributed by atoms with Crippen LogP contribution in [0.1, 0.15) is 63.5 Å². The molecular formula is C18H28O2. The second kappa shape index (κ2) is 7.12. The largest absolute Gasteiger partial charge is 0.493 e. The van der Waals surface area contributed by atoms with Gasteiger partial charge in [0.05, 0.1) is 18.8 Å². The summed E-state index contributed by atoms with van der Waals surface area (Å²) in [7, 11) is 0. The van der Waals surface area contributed by atoms with Crippen molar-refractivity contribution in [2.75, 3.05) is 6.61 Å². The molecule has 0 amide bonds. The Kier molecular flexibility index (Phi) is 5.47. The smallest absolute Gasteiger partial charge is 0.122 e. The van der Waals surface area contributed by atoms with E-state index in [2.05, 4.69) is 45.9 Å². The Hall–Kier alpha value is -1.02. The van der Waals surface area contributed by atoms with E-state index >= 15 is 0 Å². The predicted octanol–water partition coefficient (Wildman–Crippen LogP) is 4.84. The summed E-state index contributed by atoms with van der Waals surface area (Å²) in [6.07, 6.45) is 5.41. The number of aryl methyl sites for hydroxylation is 1. The highest BCUT2D eigenvalue weighted by Gasteiger charge is 2.38. The summed E-state index contributed by atoms with van der Waals surface area (Å²) in [5.74, 6) is 1.61. The minimum Gasteiger partial charge on any atom is -0.493 e. The van der Waals surface area contributed by atoms with Gasteiger partial charge in [0.25, 0.3) is 0 Å². The van der Waals surface area contributed by atoms with Crippen molar-refractivity contribution in [3.05, 3.63) is 29.3 Å². The fourth-order valence-corrected chi connectivity index (χ4v) is 2.87. The SMILES string of the molecule is CCCOc1ccc(C)cc1C(CC)CC1OC1CC. The molecule has 2 heteroatoms. The maximum absolute atomic E-state index is 5.94. The van der Waals surface area contributed by atoms with Gasteiger partial charge >= 0.3 is 0 Å². The molecule has 1 heterocycles. The summed E-state index contributed by atoms with van der Waals surface area (Å²) in [4.78, 5) is 0. The first-order valence-electron chi connectivity index (χ1n) is 8.08. The lowest BCUT2D eigenvalue weighted by Gasteiger charge is -2.19. The molecule has 0 spiro atoms. The highest BCUT2D eigenvalue weighted by molar-refractivity contribution is 5.39. The zero-order chi connectivity index (χ0) is 14.5. The van der Waals surface area contributed by atoms with Gasteiger partial charge in [-0.1, -0.05) is 38.5 Å². The summed E-state index contributed by atoms with van der Waals surface area (Å²) in [5, 5.41) is 0. The van der Waals surface area contributed by atoms with E-state index in [1.807, 2.05) is 0 Å². The van der Waals surface area contributed by atoms with E-state index in [9.17, 15) is 0 Å². The Morgan fingerprint density at radius 3 is 2.60 bits per heavy atom. The molecule has 0 saturated carbocycles. The van der Waals surface area contributed by atoms with Crippen molar-refractivity contribution in [1.82, 2.24) is 0 Å². The molecule has 1 fully saturated rings. The van der Waals surface area contributed by atoms with Gasteiger partial charge in [0.1, 0.15) is 5.75 Å². The molecule has 2 nitrogen and oxygen atoms in total. The molecule has 0 aliphatic carbocycles. The molecule has 0 N–H and O–H groups in total. The van der Waals surface area contributed by atoms with Crippen LogP contribution >= 0.6 is 0 Å². The van der Waals surface area contributed by atoms with Crippen LogP contribution in [0.15, 0.2) is 18.2 Å². The van der Waals surface area contributed by atoms with E-state index in [0.717, 1.165) is 38.0 Å². The normalized spacial score (nSPS) is 22.6. The second-order valence-corrected chi connectivity index (χ2v) is 5.85. The van der Waals surface area contributed by atoms with Crippen LogP contribution < -0.4 is 4.74 Å². The maximum atomic E-state index is 5.94. The Balaban J connectivity index is 2.12. The van der Waals surface area contributed by atoms with Gasteiger partial charge in [-0.2, -0.15) is 0 Å². The van der Waals surface area contributed by atoms with E-state index in [1.54, 1.807) is 0 Å². The van der Waals surface area contributed by atoms with Crippen LogP contribution in [0.2, 0.25) is 0 Å². The molecule has 1 aromatic carbocycles. The molecular weight excluding hydrogens is 248 g/mol. The number of epoxide rings is 1. The van der Waals surface area contributed by atoms with Crippen molar-refractivity contribution < 1.29 is 9.47 Å². The highest BCUT2D eigenvalue weighted by Crippen LogP contribution is 2.39. The third kappa shape index (κ3) is 3.76. The number of benzene rings is 1. The van der Waals surface area contributed by atoms with Crippen LogP contribution in [-0.2, 0) is 4.74 Å². The molecule has 0 aromatic heterocycles. The van der Waals surface area contributed by atoms with E-state index < -0.39 is 0 Å². The quantitative estimate of drug-likeness (QED) is 0.633. The first kappa shape index (κ1) is 15.4. The maximum Gasteiger partial charge on any atom is 0.122 e. The summed E-state index contributed by atoms with van der Waals surface area (Å²) in [6, 6.07) is 6.57. The third-order valence-electron chi connectivity index (χ3n) is 4.17. The minimum absolute atomic E-state index is 0.462. The number of rotatable bonds is 8. The van der Waals surface area contributed by atoms with Gasteiger partial charge < -0.3 is 9.47 Å². The van der Waals surface area contributed by atoms with Gasteiger partial charge in [-0.25, -0.2) is 0 Å². The molecule has 3 atom stereocenters. The zero-order valence-electron chi connectivity index (χ0n) is 13.3. The lowest BCUT2D eigenvalue weighted by Crippen LogP contribution is -2.07. The van der Waals surface area contributed by atoms with E-state index in [1.165, 1.54) is 11.1 Å². The monoisotopic (exact) mass is 276 g/mol. The highest BCUT2D eigenvalue weighted by atomic mass is 16.6. The fourth-order valence-electron chi connectivity index (χ4n) is 2.87. The van der Waals surface area contributed by atoms with Crippen molar-refractivity contribution >= 4 is 0 Å². The first-order valence-corrected chi connectivity index (χ1v) is 8.08. The molecule has 1 aliphatic heterocycles. The number of hydrogen-bond donors (Lipinski definition) is 0. The fraction of sp³-hybridized carbons (Fsp3) is 0.667. The van der Waals surface area contributed by atoms with E-state index in [-0.39, 0.29) is 0 Å². The van der Waals surface area contributed by atoms with Crippen molar-refractivity contribution in [3.8, 4) is 5.75 Å². The Morgan fingerprint density at radius 1 is 1.20 bits per heavy atom.